The zero-order valence-corrected chi connectivity index (χ0v) is 14.0. The van der Waals surface area contributed by atoms with Crippen LogP contribution in [0.1, 0.15) is 54.9 Å². The van der Waals surface area contributed by atoms with Gasteiger partial charge in [-0.2, -0.15) is 0 Å². The van der Waals surface area contributed by atoms with Gasteiger partial charge < -0.3 is 11.5 Å². The molecule has 1 fully saturated rings. The first-order valence-electron chi connectivity index (χ1n) is 8.47. The molecule has 1 atom stereocenters. The van der Waals surface area contributed by atoms with E-state index >= 15 is 0 Å². The Kier molecular flexibility index (Phi) is 4.30. The molecule has 6 nitrogen and oxygen atoms in total. The van der Waals surface area contributed by atoms with Crippen LogP contribution < -0.4 is 11.5 Å². The molecule has 0 unspecified atom stereocenters. The number of primary amides is 1. The molecule has 0 spiro atoms. The highest BCUT2D eigenvalue weighted by atomic mass is 16.2. The van der Waals surface area contributed by atoms with Crippen LogP contribution in [0.4, 0.5) is 0 Å². The molecule has 128 valence electrons. The summed E-state index contributed by atoms with van der Waals surface area (Å²) < 4.78 is 0. The number of benzene rings is 1. The SMILES string of the molecule is CC[C@@]1(CC2CC2)CC(=O)N(Cc2cccc(C(N)=O)c2)C(N)=N1. The number of nitrogens with two attached hydrogens (primary N) is 2. The molecule has 0 bridgehead atoms. The van der Waals surface area contributed by atoms with Crippen molar-refractivity contribution in [3.8, 4) is 0 Å². The van der Waals surface area contributed by atoms with Gasteiger partial charge in [0, 0.05) is 5.56 Å². The Labute approximate surface area is 141 Å². The van der Waals surface area contributed by atoms with E-state index in [0.29, 0.717) is 24.4 Å². The number of hydrogen-bond donors (Lipinski definition) is 2. The maximum Gasteiger partial charge on any atom is 0.248 e. The van der Waals surface area contributed by atoms with Gasteiger partial charge in [-0.3, -0.25) is 14.5 Å². The van der Waals surface area contributed by atoms with E-state index in [1.54, 1.807) is 18.2 Å². The number of guanidine groups is 1. The second-order valence-electron chi connectivity index (χ2n) is 6.92. The molecule has 2 amide bonds. The molecular formula is C18H24N4O2. The van der Waals surface area contributed by atoms with Gasteiger partial charge in [0.25, 0.3) is 0 Å². The van der Waals surface area contributed by atoms with E-state index in [4.69, 9.17) is 16.5 Å². The molecule has 1 aromatic rings. The van der Waals surface area contributed by atoms with Gasteiger partial charge in [0.1, 0.15) is 0 Å². The number of rotatable bonds is 6. The third-order valence-electron chi connectivity index (χ3n) is 4.99. The van der Waals surface area contributed by atoms with Gasteiger partial charge >= 0.3 is 0 Å². The van der Waals surface area contributed by atoms with Crippen molar-refractivity contribution in [1.29, 1.82) is 0 Å². The standard InChI is InChI=1S/C18H24N4O2/c1-2-18(9-12-6-7-12)10-15(23)22(17(20)21-18)11-13-4-3-5-14(8-13)16(19)24/h3-5,8,12H,2,6-7,9-11H2,1H3,(H2,19,24)(H2,20,21)/t18-/m1/s1. The summed E-state index contributed by atoms with van der Waals surface area (Å²) in [4.78, 5) is 30.2. The topological polar surface area (TPSA) is 102 Å². The fraction of sp³-hybridized carbons (Fsp3) is 0.500. The van der Waals surface area contributed by atoms with Crippen LogP contribution >= 0.6 is 0 Å². The number of hydrogen-bond acceptors (Lipinski definition) is 4. The second-order valence-corrected chi connectivity index (χ2v) is 6.92. The fourth-order valence-electron chi connectivity index (χ4n) is 3.35. The molecule has 24 heavy (non-hydrogen) atoms. The number of carbonyl (C=O) groups is 2. The van der Waals surface area contributed by atoms with E-state index < -0.39 is 5.91 Å². The van der Waals surface area contributed by atoms with E-state index in [9.17, 15) is 9.59 Å². The Morgan fingerprint density at radius 1 is 1.42 bits per heavy atom. The predicted molar refractivity (Wildman–Crippen MR) is 92.1 cm³/mol. The lowest BCUT2D eigenvalue weighted by atomic mass is 9.85. The summed E-state index contributed by atoms with van der Waals surface area (Å²) >= 11 is 0. The molecule has 3 rings (SSSR count). The molecule has 0 radical (unpaired) electrons. The highest BCUT2D eigenvalue weighted by Crippen LogP contribution is 2.42. The van der Waals surface area contributed by atoms with Crippen molar-refractivity contribution in [2.45, 2.75) is 51.1 Å². The number of amides is 2. The average Bonchev–Trinajstić information content (AvgIpc) is 3.35. The summed E-state index contributed by atoms with van der Waals surface area (Å²) in [7, 11) is 0. The van der Waals surface area contributed by atoms with Crippen LogP contribution in [-0.4, -0.2) is 28.2 Å². The predicted octanol–water partition coefficient (Wildman–Crippen LogP) is 1.78. The second kappa shape index (κ2) is 6.26. The highest BCUT2D eigenvalue weighted by Gasteiger charge is 2.42. The third kappa shape index (κ3) is 3.42. The summed E-state index contributed by atoms with van der Waals surface area (Å²) in [5, 5.41) is 0. The molecule has 2 aliphatic rings. The van der Waals surface area contributed by atoms with Crippen molar-refractivity contribution in [3.05, 3.63) is 35.4 Å². The molecule has 1 aliphatic heterocycles. The van der Waals surface area contributed by atoms with E-state index in [-0.39, 0.29) is 17.4 Å². The Bertz CT molecular complexity index is 696. The normalized spacial score (nSPS) is 24.0. The first-order chi connectivity index (χ1) is 11.4. The maximum atomic E-state index is 12.7. The summed E-state index contributed by atoms with van der Waals surface area (Å²) in [6.45, 7) is 2.37. The summed E-state index contributed by atoms with van der Waals surface area (Å²) in [5.41, 5.74) is 12.3. The lowest BCUT2D eigenvalue weighted by Gasteiger charge is -2.37. The van der Waals surface area contributed by atoms with Gasteiger partial charge in [-0.05, 0) is 36.5 Å². The zero-order chi connectivity index (χ0) is 17.3. The van der Waals surface area contributed by atoms with Gasteiger partial charge in [-0.25, -0.2) is 4.99 Å². The molecule has 1 aromatic carbocycles. The minimum absolute atomic E-state index is 0.00511. The molecule has 0 saturated heterocycles. The quantitative estimate of drug-likeness (QED) is 0.832. The van der Waals surface area contributed by atoms with Gasteiger partial charge in [0.05, 0.1) is 18.5 Å². The first kappa shape index (κ1) is 16.5. The molecule has 1 heterocycles. The fourth-order valence-corrected chi connectivity index (χ4v) is 3.35. The van der Waals surface area contributed by atoms with E-state index in [0.717, 1.165) is 18.4 Å². The largest absolute Gasteiger partial charge is 0.369 e. The molecule has 4 N–H and O–H groups in total. The molecule has 0 aromatic heterocycles. The lowest BCUT2D eigenvalue weighted by Crippen LogP contribution is -2.51. The van der Waals surface area contributed by atoms with Crippen molar-refractivity contribution in [2.75, 3.05) is 0 Å². The average molecular weight is 328 g/mol. The highest BCUT2D eigenvalue weighted by molar-refractivity contribution is 5.99. The first-order valence-corrected chi connectivity index (χ1v) is 8.47. The van der Waals surface area contributed by atoms with Crippen LogP contribution in [0.5, 0.6) is 0 Å². The Hall–Kier alpha value is -2.37. The maximum absolute atomic E-state index is 12.7. The number of nitrogens with zero attached hydrogens (tertiary/aromatic N) is 2. The molecule has 1 saturated carbocycles. The van der Waals surface area contributed by atoms with Crippen molar-refractivity contribution >= 4 is 17.8 Å². The minimum atomic E-state index is -0.488. The smallest absolute Gasteiger partial charge is 0.248 e. The summed E-state index contributed by atoms with van der Waals surface area (Å²) in [5.74, 6) is 0.471. The van der Waals surface area contributed by atoms with Crippen molar-refractivity contribution in [2.24, 2.45) is 22.4 Å². The summed E-state index contributed by atoms with van der Waals surface area (Å²) in [6, 6.07) is 6.94. The Balaban J connectivity index is 1.80. The minimum Gasteiger partial charge on any atom is -0.369 e. The summed E-state index contributed by atoms with van der Waals surface area (Å²) in [6.07, 6.45) is 4.63. The Morgan fingerprint density at radius 3 is 2.75 bits per heavy atom. The Morgan fingerprint density at radius 2 is 2.17 bits per heavy atom. The molecule has 1 aliphatic carbocycles. The van der Waals surface area contributed by atoms with Crippen LogP contribution in [0.2, 0.25) is 0 Å². The third-order valence-corrected chi connectivity index (χ3v) is 4.99. The lowest BCUT2D eigenvalue weighted by molar-refractivity contribution is -0.130. The van der Waals surface area contributed by atoms with Gasteiger partial charge in [0.2, 0.25) is 11.8 Å². The van der Waals surface area contributed by atoms with Crippen LogP contribution in [-0.2, 0) is 11.3 Å². The van der Waals surface area contributed by atoms with E-state index in [2.05, 4.69) is 6.92 Å². The van der Waals surface area contributed by atoms with Gasteiger partial charge in [-0.15, -0.1) is 0 Å². The monoisotopic (exact) mass is 328 g/mol. The van der Waals surface area contributed by atoms with Crippen molar-refractivity contribution in [1.82, 2.24) is 4.90 Å². The van der Waals surface area contributed by atoms with Gasteiger partial charge in [-0.1, -0.05) is 31.9 Å². The molecule has 6 heteroatoms. The van der Waals surface area contributed by atoms with Crippen molar-refractivity contribution < 1.29 is 9.59 Å². The number of carbonyl (C=O) groups excluding carboxylic acids is 2. The van der Waals surface area contributed by atoms with E-state index in [1.807, 2.05) is 6.07 Å². The molecular weight excluding hydrogens is 304 g/mol. The van der Waals surface area contributed by atoms with Crippen molar-refractivity contribution in [3.63, 3.8) is 0 Å². The zero-order valence-electron chi connectivity index (χ0n) is 14.0. The van der Waals surface area contributed by atoms with Gasteiger partial charge in [0.15, 0.2) is 5.96 Å². The van der Waals surface area contributed by atoms with Crippen LogP contribution in [0.15, 0.2) is 29.3 Å². The van der Waals surface area contributed by atoms with E-state index in [1.165, 1.54) is 17.7 Å². The number of aliphatic imine (C=N–C) groups is 1. The van der Waals surface area contributed by atoms with Crippen LogP contribution in [0.3, 0.4) is 0 Å². The van der Waals surface area contributed by atoms with Crippen LogP contribution in [0, 0.1) is 5.92 Å². The van der Waals surface area contributed by atoms with Crippen LogP contribution in [0.25, 0.3) is 0 Å².